The van der Waals surface area contributed by atoms with Gasteiger partial charge in [0.25, 0.3) is 5.91 Å². The summed E-state index contributed by atoms with van der Waals surface area (Å²) in [5, 5.41) is 6.80. The molecule has 1 aromatic rings. The van der Waals surface area contributed by atoms with Gasteiger partial charge in [0.15, 0.2) is 5.76 Å². The summed E-state index contributed by atoms with van der Waals surface area (Å²) in [4.78, 5) is 11.9. The Kier molecular flexibility index (Phi) is 2.50. The van der Waals surface area contributed by atoms with Gasteiger partial charge in [-0.2, -0.15) is 0 Å². The highest BCUT2D eigenvalue weighted by atomic mass is 16.5. The Bertz CT molecular complexity index is 378. The van der Waals surface area contributed by atoms with Gasteiger partial charge < -0.3 is 9.84 Å². The third-order valence-electron chi connectivity index (χ3n) is 2.55. The molecule has 1 aliphatic rings. The summed E-state index contributed by atoms with van der Waals surface area (Å²) < 4.78 is 5.17. The maximum Gasteiger partial charge on any atom is 0.257 e. The van der Waals surface area contributed by atoms with Crippen molar-refractivity contribution in [3.8, 4) is 0 Å². The molecule has 0 bridgehead atoms. The Morgan fingerprint density at radius 3 is 2.73 bits per heavy atom. The molecule has 4 heteroatoms. The molecule has 82 valence electrons. The van der Waals surface area contributed by atoms with E-state index in [-0.39, 0.29) is 11.8 Å². The van der Waals surface area contributed by atoms with E-state index in [4.69, 9.17) is 4.52 Å². The lowest BCUT2D eigenvalue weighted by Gasteiger charge is -2.05. The number of hydrogen-bond acceptors (Lipinski definition) is 3. The summed E-state index contributed by atoms with van der Waals surface area (Å²) in [5.74, 6) is 0.830. The number of amides is 1. The quantitative estimate of drug-likeness (QED) is 0.826. The fraction of sp³-hybridized carbons (Fsp3) is 0.636. The molecule has 0 aliphatic heterocycles. The second-order valence-electron chi connectivity index (χ2n) is 4.41. The Morgan fingerprint density at radius 1 is 1.53 bits per heavy atom. The molecule has 0 radical (unpaired) electrons. The number of nitrogens with zero attached hydrogens (tertiary/aromatic N) is 1. The highest BCUT2D eigenvalue weighted by Crippen LogP contribution is 2.24. The molecule has 0 aromatic carbocycles. The number of aryl methyl sites for hydroxylation is 1. The molecule has 1 fully saturated rings. The summed E-state index contributed by atoms with van der Waals surface area (Å²) in [7, 11) is 0. The maximum absolute atomic E-state index is 11.9. The molecule has 0 unspecified atom stereocenters. The van der Waals surface area contributed by atoms with E-state index in [1.165, 1.54) is 0 Å². The van der Waals surface area contributed by atoms with E-state index < -0.39 is 0 Å². The lowest BCUT2D eigenvalue weighted by atomic mass is 10.0. The van der Waals surface area contributed by atoms with Gasteiger partial charge in [0.1, 0.15) is 5.56 Å². The number of carbonyl (C=O) groups excluding carboxylic acids is 1. The van der Waals surface area contributed by atoms with Crippen LogP contribution < -0.4 is 5.32 Å². The first kappa shape index (κ1) is 10.2. The molecule has 0 atom stereocenters. The van der Waals surface area contributed by atoms with E-state index in [9.17, 15) is 4.79 Å². The first-order valence-corrected chi connectivity index (χ1v) is 5.36. The molecule has 15 heavy (non-hydrogen) atoms. The van der Waals surface area contributed by atoms with Crippen LogP contribution in [0, 0.1) is 6.92 Å². The SMILES string of the molecule is Cc1noc(C(C)C)c1C(=O)NC1CC1. The molecule has 1 N–H and O–H groups in total. The third kappa shape index (κ3) is 2.03. The average Bonchev–Trinajstić information content (AvgIpc) is 2.86. The van der Waals surface area contributed by atoms with Crippen molar-refractivity contribution < 1.29 is 9.32 Å². The standard InChI is InChI=1S/C11H16N2O2/c1-6(2)10-9(7(3)13-15-10)11(14)12-8-4-5-8/h6,8H,4-5H2,1-3H3,(H,12,14). The van der Waals surface area contributed by atoms with E-state index in [2.05, 4.69) is 10.5 Å². The van der Waals surface area contributed by atoms with Crippen LogP contribution in [0.2, 0.25) is 0 Å². The largest absolute Gasteiger partial charge is 0.360 e. The zero-order valence-electron chi connectivity index (χ0n) is 9.33. The Morgan fingerprint density at radius 2 is 2.20 bits per heavy atom. The molecule has 4 nitrogen and oxygen atoms in total. The first-order chi connectivity index (χ1) is 7.09. The number of rotatable bonds is 3. The monoisotopic (exact) mass is 208 g/mol. The number of carbonyl (C=O) groups is 1. The van der Waals surface area contributed by atoms with Gasteiger partial charge in [-0.3, -0.25) is 4.79 Å². The van der Waals surface area contributed by atoms with Crippen LogP contribution in [0.1, 0.15) is 54.4 Å². The van der Waals surface area contributed by atoms with Crippen molar-refractivity contribution in [1.29, 1.82) is 0 Å². The van der Waals surface area contributed by atoms with Gasteiger partial charge in [-0.25, -0.2) is 0 Å². The smallest absolute Gasteiger partial charge is 0.257 e. The Balaban J connectivity index is 2.23. The van der Waals surface area contributed by atoms with Gasteiger partial charge in [0.05, 0.1) is 5.69 Å². The highest BCUT2D eigenvalue weighted by molar-refractivity contribution is 5.96. The molecule has 1 aliphatic carbocycles. The molecule has 2 rings (SSSR count). The van der Waals surface area contributed by atoms with Gasteiger partial charge in [-0.05, 0) is 19.8 Å². The van der Waals surface area contributed by atoms with Crippen molar-refractivity contribution in [1.82, 2.24) is 10.5 Å². The fourth-order valence-electron chi connectivity index (χ4n) is 1.54. The predicted molar refractivity (Wildman–Crippen MR) is 55.8 cm³/mol. The maximum atomic E-state index is 11.9. The normalized spacial score (nSPS) is 15.7. The summed E-state index contributed by atoms with van der Waals surface area (Å²) >= 11 is 0. The molecule has 0 saturated heterocycles. The van der Waals surface area contributed by atoms with E-state index >= 15 is 0 Å². The van der Waals surface area contributed by atoms with E-state index in [0.717, 1.165) is 12.8 Å². The minimum Gasteiger partial charge on any atom is -0.360 e. The lowest BCUT2D eigenvalue weighted by molar-refractivity contribution is 0.0948. The topological polar surface area (TPSA) is 55.1 Å². The number of aromatic nitrogens is 1. The Labute approximate surface area is 89.0 Å². The van der Waals surface area contributed by atoms with Gasteiger partial charge in [0, 0.05) is 12.0 Å². The molecule has 1 saturated carbocycles. The van der Waals surface area contributed by atoms with Crippen LogP contribution in [0.15, 0.2) is 4.52 Å². The van der Waals surface area contributed by atoms with Crippen molar-refractivity contribution in [3.05, 3.63) is 17.0 Å². The molecular formula is C11H16N2O2. The van der Waals surface area contributed by atoms with Gasteiger partial charge >= 0.3 is 0 Å². The zero-order valence-corrected chi connectivity index (χ0v) is 9.33. The molecule has 1 heterocycles. The van der Waals surface area contributed by atoms with Crippen LogP contribution in [0.4, 0.5) is 0 Å². The van der Waals surface area contributed by atoms with Crippen LogP contribution in [-0.2, 0) is 0 Å². The van der Waals surface area contributed by atoms with Crippen molar-refractivity contribution in [2.24, 2.45) is 0 Å². The van der Waals surface area contributed by atoms with Gasteiger partial charge in [-0.1, -0.05) is 19.0 Å². The molecule has 0 spiro atoms. The molecule has 1 aromatic heterocycles. The number of hydrogen-bond donors (Lipinski definition) is 1. The molecular weight excluding hydrogens is 192 g/mol. The second kappa shape index (κ2) is 3.68. The lowest BCUT2D eigenvalue weighted by Crippen LogP contribution is -2.26. The van der Waals surface area contributed by atoms with Crippen molar-refractivity contribution in [2.75, 3.05) is 0 Å². The minimum absolute atomic E-state index is 0.0417. The van der Waals surface area contributed by atoms with Gasteiger partial charge in [0.2, 0.25) is 0 Å². The van der Waals surface area contributed by atoms with E-state index in [1.807, 2.05) is 13.8 Å². The minimum atomic E-state index is -0.0417. The first-order valence-electron chi connectivity index (χ1n) is 5.36. The van der Waals surface area contributed by atoms with Crippen LogP contribution in [0.25, 0.3) is 0 Å². The predicted octanol–water partition coefficient (Wildman–Crippen LogP) is 2.00. The van der Waals surface area contributed by atoms with E-state index in [0.29, 0.717) is 23.1 Å². The van der Waals surface area contributed by atoms with Crippen LogP contribution >= 0.6 is 0 Å². The second-order valence-corrected chi connectivity index (χ2v) is 4.41. The number of nitrogens with one attached hydrogen (secondary N) is 1. The van der Waals surface area contributed by atoms with Crippen molar-refractivity contribution in [2.45, 2.75) is 45.6 Å². The summed E-state index contributed by atoms with van der Waals surface area (Å²) in [5.41, 5.74) is 1.30. The van der Waals surface area contributed by atoms with Crippen LogP contribution in [0.3, 0.4) is 0 Å². The third-order valence-corrected chi connectivity index (χ3v) is 2.55. The van der Waals surface area contributed by atoms with E-state index in [1.54, 1.807) is 6.92 Å². The van der Waals surface area contributed by atoms with Crippen molar-refractivity contribution in [3.63, 3.8) is 0 Å². The zero-order chi connectivity index (χ0) is 11.0. The summed E-state index contributed by atoms with van der Waals surface area (Å²) in [6.45, 7) is 5.79. The van der Waals surface area contributed by atoms with Crippen LogP contribution in [-0.4, -0.2) is 17.1 Å². The van der Waals surface area contributed by atoms with Gasteiger partial charge in [-0.15, -0.1) is 0 Å². The molecule has 1 amide bonds. The fourth-order valence-corrected chi connectivity index (χ4v) is 1.54. The van der Waals surface area contributed by atoms with Crippen LogP contribution in [0.5, 0.6) is 0 Å². The van der Waals surface area contributed by atoms with Crippen molar-refractivity contribution >= 4 is 5.91 Å². The summed E-state index contributed by atoms with van der Waals surface area (Å²) in [6, 6.07) is 0.367. The average molecular weight is 208 g/mol. The summed E-state index contributed by atoms with van der Waals surface area (Å²) in [6.07, 6.45) is 2.18. The Hall–Kier alpha value is -1.32. The highest BCUT2D eigenvalue weighted by Gasteiger charge is 2.28.